The monoisotopic (exact) mass is 295 g/mol. The number of aromatic nitrogens is 1. The molecular formula is C16H29N3S. The van der Waals surface area contributed by atoms with E-state index in [0.717, 1.165) is 25.7 Å². The van der Waals surface area contributed by atoms with Crippen LogP contribution in [0.25, 0.3) is 0 Å². The number of anilines is 1. The Morgan fingerprint density at radius 1 is 1.35 bits per heavy atom. The van der Waals surface area contributed by atoms with Gasteiger partial charge in [0, 0.05) is 30.6 Å². The van der Waals surface area contributed by atoms with E-state index in [2.05, 4.69) is 37.9 Å². The number of hydrogen-bond acceptors (Lipinski definition) is 4. The highest BCUT2D eigenvalue weighted by Crippen LogP contribution is 2.31. The van der Waals surface area contributed by atoms with Crippen LogP contribution in [0.15, 0.2) is 0 Å². The molecule has 1 aromatic rings. The molecule has 1 saturated carbocycles. The van der Waals surface area contributed by atoms with Crippen LogP contribution in [0.1, 0.15) is 69.9 Å². The second-order valence-electron chi connectivity index (χ2n) is 6.05. The normalized spacial score (nSPS) is 15.1. The molecule has 2 rings (SSSR count). The Kier molecular flexibility index (Phi) is 5.85. The van der Waals surface area contributed by atoms with Crippen LogP contribution in [0.3, 0.4) is 0 Å². The average Bonchev–Trinajstić information content (AvgIpc) is 3.16. The van der Waals surface area contributed by atoms with Crippen LogP contribution in [0.4, 0.5) is 5.13 Å². The summed E-state index contributed by atoms with van der Waals surface area (Å²) in [7, 11) is 0. The minimum atomic E-state index is 0.515. The van der Waals surface area contributed by atoms with Crippen LogP contribution in [0.2, 0.25) is 0 Å². The molecule has 1 aromatic heterocycles. The molecule has 0 unspecified atom stereocenters. The molecule has 4 heteroatoms. The van der Waals surface area contributed by atoms with E-state index in [0.29, 0.717) is 5.92 Å². The summed E-state index contributed by atoms with van der Waals surface area (Å²) >= 11 is 1.89. The molecule has 1 aliphatic carbocycles. The van der Waals surface area contributed by atoms with E-state index >= 15 is 0 Å². The molecule has 0 spiro atoms. The summed E-state index contributed by atoms with van der Waals surface area (Å²) in [5.41, 5.74) is 1.30. The minimum Gasteiger partial charge on any atom is -0.348 e. The summed E-state index contributed by atoms with van der Waals surface area (Å²) in [6.07, 6.45) is 5.19. The van der Waals surface area contributed by atoms with Crippen LogP contribution in [0.5, 0.6) is 0 Å². The SMILES string of the molecule is CCCCN(CC)c1nc(C(C)C)c(CNC2CC2)s1. The lowest BCUT2D eigenvalue weighted by Crippen LogP contribution is -2.23. The van der Waals surface area contributed by atoms with Crippen molar-refractivity contribution < 1.29 is 0 Å². The molecule has 0 aromatic carbocycles. The molecule has 1 N–H and O–H groups in total. The van der Waals surface area contributed by atoms with Gasteiger partial charge in [-0.2, -0.15) is 0 Å². The lowest BCUT2D eigenvalue weighted by molar-refractivity contribution is 0.680. The molecule has 3 nitrogen and oxygen atoms in total. The fraction of sp³-hybridized carbons (Fsp3) is 0.812. The molecule has 0 radical (unpaired) electrons. The lowest BCUT2D eigenvalue weighted by atomic mass is 10.1. The van der Waals surface area contributed by atoms with E-state index in [1.807, 2.05) is 11.3 Å². The highest BCUT2D eigenvalue weighted by atomic mass is 32.1. The van der Waals surface area contributed by atoms with Crippen LogP contribution < -0.4 is 10.2 Å². The topological polar surface area (TPSA) is 28.2 Å². The van der Waals surface area contributed by atoms with Crippen molar-refractivity contribution in [1.29, 1.82) is 0 Å². The van der Waals surface area contributed by atoms with Gasteiger partial charge >= 0.3 is 0 Å². The molecule has 0 aliphatic heterocycles. The standard InChI is InChI=1S/C16H29N3S/c1-5-7-10-19(6-2)16-18-15(12(3)4)14(20-16)11-17-13-8-9-13/h12-13,17H,5-11H2,1-4H3. The molecule has 114 valence electrons. The quantitative estimate of drug-likeness (QED) is 0.742. The fourth-order valence-electron chi connectivity index (χ4n) is 2.33. The highest BCUT2D eigenvalue weighted by molar-refractivity contribution is 7.15. The van der Waals surface area contributed by atoms with Crippen LogP contribution in [0, 0.1) is 0 Å². The average molecular weight is 295 g/mol. The first-order valence-corrected chi connectivity index (χ1v) is 8.95. The summed E-state index contributed by atoms with van der Waals surface area (Å²) in [5.74, 6) is 0.515. The minimum absolute atomic E-state index is 0.515. The molecule has 0 amide bonds. The molecule has 0 atom stereocenters. The number of unbranched alkanes of at least 4 members (excludes halogenated alkanes) is 1. The Balaban J connectivity index is 2.08. The van der Waals surface area contributed by atoms with Gasteiger partial charge in [-0.05, 0) is 32.1 Å². The zero-order valence-corrected chi connectivity index (χ0v) is 14.2. The number of nitrogens with zero attached hydrogens (tertiary/aromatic N) is 2. The zero-order valence-electron chi connectivity index (χ0n) is 13.4. The summed E-state index contributed by atoms with van der Waals surface area (Å²) in [4.78, 5) is 8.81. The Hall–Kier alpha value is -0.610. The summed E-state index contributed by atoms with van der Waals surface area (Å²) in [6.45, 7) is 12.2. The first-order chi connectivity index (χ1) is 9.65. The zero-order chi connectivity index (χ0) is 14.5. The smallest absolute Gasteiger partial charge is 0.185 e. The Morgan fingerprint density at radius 2 is 2.10 bits per heavy atom. The number of nitrogens with one attached hydrogen (secondary N) is 1. The van der Waals surface area contributed by atoms with Gasteiger partial charge in [0.1, 0.15) is 0 Å². The molecule has 1 heterocycles. The van der Waals surface area contributed by atoms with Gasteiger partial charge in [-0.25, -0.2) is 4.98 Å². The molecule has 0 bridgehead atoms. The molecule has 0 saturated heterocycles. The van der Waals surface area contributed by atoms with Crippen molar-refractivity contribution in [3.63, 3.8) is 0 Å². The van der Waals surface area contributed by atoms with Crippen molar-refractivity contribution in [2.45, 2.75) is 71.9 Å². The van der Waals surface area contributed by atoms with Gasteiger partial charge in [-0.15, -0.1) is 11.3 Å². The summed E-state index contributed by atoms with van der Waals surface area (Å²) < 4.78 is 0. The Bertz CT molecular complexity index is 410. The number of thiazole rings is 1. The van der Waals surface area contributed by atoms with Gasteiger partial charge < -0.3 is 10.2 Å². The first-order valence-electron chi connectivity index (χ1n) is 8.13. The van der Waals surface area contributed by atoms with Gasteiger partial charge in [-0.1, -0.05) is 27.2 Å². The first kappa shape index (κ1) is 15.8. The lowest BCUT2D eigenvalue weighted by Gasteiger charge is -2.19. The predicted octanol–water partition coefficient (Wildman–Crippen LogP) is 4.14. The third kappa shape index (κ3) is 4.19. The maximum Gasteiger partial charge on any atom is 0.185 e. The Morgan fingerprint density at radius 3 is 2.65 bits per heavy atom. The van der Waals surface area contributed by atoms with Gasteiger partial charge in [0.15, 0.2) is 5.13 Å². The van der Waals surface area contributed by atoms with Crippen LogP contribution in [-0.4, -0.2) is 24.1 Å². The van der Waals surface area contributed by atoms with E-state index in [-0.39, 0.29) is 0 Å². The maximum atomic E-state index is 4.94. The largest absolute Gasteiger partial charge is 0.348 e. The van der Waals surface area contributed by atoms with Crippen molar-refractivity contribution in [1.82, 2.24) is 10.3 Å². The molecule has 1 aliphatic rings. The van der Waals surface area contributed by atoms with E-state index < -0.39 is 0 Å². The summed E-state index contributed by atoms with van der Waals surface area (Å²) in [6, 6.07) is 0.767. The second kappa shape index (κ2) is 7.41. The van der Waals surface area contributed by atoms with Crippen molar-refractivity contribution >= 4 is 16.5 Å². The van der Waals surface area contributed by atoms with E-state index in [4.69, 9.17) is 4.98 Å². The molecule has 20 heavy (non-hydrogen) atoms. The van der Waals surface area contributed by atoms with E-state index in [9.17, 15) is 0 Å². The van der Waals surface area contributed by atoms with Crippen molar-refractivity contribution in [3.05, 3.63) is 10.6 Å². The molecule has 1 fully saturated rings. The van der Waals surface area contributed by atoms with Gasteiger partial charge in [-0.3, -0.25) is 0 Å². The number of hydrogen-bond donors (Lipinski definition) is 1. The van der Waals surface area contributed by atoms with Crippen LogP contribution >= 0.6 is 11.3 Å². The van der Waals surface area contributed by atoms with E-state index in [1.165, 1.54) is 41.4 Å². The van der Waals surface area contributed by atoms with Gasteiger partial charge in [0.05, 0.1) is 5.69 Å². The second-order valence-corrected chi connectivity index (χ2v) is 7.11. The predicted molar refractivity (Wildman–Crippen MR) is 88.9 cm³/mol. The van der Waals surface area contributed by atoms with Gasteiger partial charge in [0.2, 0.25) is 0 Å². The van der Waals surface area contributed by atoms with E-state index in [1.54, 1.807) is 0 Å². The highest BCUT2D eigenvalue weighted by Gasteiger charge is 2.23. The van der Waals surface area contributed by atoms with Crippen molar-refractivity contribution in [2.75, 3.05) is 18.0 Å². The number of rotatable bonds is 9. The van der Waals surface area contributed by atoms with Crippen molar-refractivity contribution in [2.24, 2.45) is 0 Å². The summed E-state index contributed by atoms with van der Waals surface area (Å²) in [5, 5.41) is 4.85. The van der Waals surface area contributed by atoms with Crippen molar-refractivity contribution in [3.8, 4) is 0 Å². The third-order valence-corrected chi connectivity index (χ3v) is 4.96. The van der Waals surface area contributed by atoms with Crippen LogP contribution in [-0.2, 0) is 6.54 Å². The third-order valence-electron chi connectivity index (χ3n) is 3.83. The molecular weight excluding hydrogens is 266 g/mol. The van der Waals surface area contributed by atoms with Gasteiger partial charge in [0.25, 0.3) is 0 Å². The fourth-order valence-corrected chi connectivity index (χ4v) is 3.58. The Labute approximate surface area is 127 Å². The maximum absolute atomic E-state index is 4.94.